The third-order valence-electron chi connectivity index (χ3n) is 11.9. The summed E-state index contributed by atoms with van der Waals surface area (Å²) in [5, 5.41) is 14.2. The molecular formula is C56H36N4. The molecular weight excluding hydrogens is 729 g/mol. The van der Waals surface area contributed by atoms with Gasteiger partial charge in [0, 0.05) is 32.9 Å². The Morgan fingerprint density at radius 2 is 0.667 bits per heavy atom. The SMILES string of the molecule is C=Nc1ccc(-c2ccc(-c3ccc(-n4c5ccccc5c5c6c7ccccc7n(-c7ccc(-c8ccc(-c9ccc(C#N)cc9)cc8)cc7)c6ccc54)cc3)cc2)cc1. The van der Waals surface area contributed by atoms with E-state index in [1.807, 2.05) is 36.4 Å². The summed E-state index contributed by atoms with van der Waals surface area (Å²) in [6, 6.07) is 75.5. The molecule has 0 bridgehead atoms. The van der Waals surface area contributed by atoms with Crippen LogP contribution in [-0.4, -0.2) is 15.9 Å². The minimum absolute atomic E-state index is 0.667. The highest BCUT2D eigenvalue weighted by Gasteiger charge is 2.20. The van der Waals surface area contributed by atoms with Crippen molar-refractivity contribution in [1.29, 1.82) is 5.26 Å². The molecule has 4 nitrogen and oxygen atoms in total. The van der Waals surface area contributed by atoms with Gasteiger partial charge in [0.25, 0.3) is 0 Å². The van der Waals surface area contributed by atoms with Crippen LogP contribution in [0.1, 0.15) is 5.56 Å². The van der Waals surface area contributed by atoms with E-state index in [-0.39, 0.29) is 0 Å². The zero-order valence-corrected chi connectivity index (χ0v) is 32.6. The van der Waals surface area contributed by atoms with Crippen LogP contribution in [0.3, 0.4) is 0 Å². The molecule has 0 fully saturated rings. The second kappa shape index (κ2) is 14.3. The second-order valence-electron chi connectivity index (χ2n) is 15.2. The normalized spacial score (nSPS) is 11.4. The maximum atomic E-state index is 9.18. The molecule has 11 aromatic rings. The summed E-state index contributed by atoms with van der Waals surface area (Å²) in [6.45, 7) is 3.63. The van der Waals surface area contributed by atoms with Gasteiger partial charge in [0.15, 0.2) is 0 Å². The van der Waals surface area contributed by atoms with Crippen LogP contribution in [0.25, 0.3) is 99.5 Å². The number of hydrogen-bond acceptors (Lipinski definition) is 2. The van der Waals surface area contributed by atoms with E-state index in [9.17, 15) is 5.26 Å². The molecule has 0 radical (unpaired) electrons. The Hall–Kier alpha value is -8.26. The average molecular weight is 765 g/mol. The number of fused-ring (bicyclic) bond motifs is 7. The molecule has 11 rings (SSSR count). The van der Waals surface area contributed by atoms with E-state index < -0.39 is 0 Å². The van der Waals surface area contributed by atoms with Crippen molar-refractivity contribution >= 4 is 56.0 Å². The van der Waals surface area contributed by atoms with E-state index in [0.717, 1.165) is 44.9 Å². The molecule has 4 heteroatoms. The monoisotopic (exact) mass is 764 g/mol. The quantitative estimate of drug-likeness (QED) is 0.149. The van der Waals surface area contributed by atoms with Gasteiger partial charge in [-0.05, 0) is 124 Å². The van der Waals surface area contributed by atoms with Gasteiger partial charge < -0.3 is 9.13 Å². The number of nitriles is 1. The standard InChI is InChI=1S/C56H36N4/c1-58-46-28-22-43(23-29-46)40-16-20-42(21-17-40)45-26-32-48(33-27-45)60-52-9-5-3-7-50(52)56-54(60)35-34-53-55(56)49-6-2-4-8-51(49)59(53)47-30-24-44(25-31-47)41-18-14-39(15-19-41)38-12-10-37(36-57)11-13-38/h2-35H,1H2. The molecule has 0 spiro atoms. The molecule has 280 valence electrons. The number of aliphatic imine (C=N–C) groups is 1. The minimum atomic E-state index is 0.667. The van der Waals surface area contributed by atoms with E-state index in [0.29, 0.717) is 5.56 Å². The van der Waals surface area contributed by atoms with Crippen LogP contribution in [0.4, 0.5) is 5.69 Å². The van der Waals surface area contributed by atoms with Gasteiger partial charge in [-0.15, -0.1) is 0 Å². The van der Waals surface area contributed by atoms with Crippen molar-refractivity contribution in [3.63, 3.8) is 0 Å². The van der Waals surface area contributed by atoms with Crippen LogP contribution < -0.4 is 0 Å². The summed E-state index contributed by atoms with van der Waals surface area (Å²) >= 11 is 0. The maximum Gasteiger partial charge on any atom is 0.0991 e. The van der Waals surface area contributed by atoms with Gasteiger partial charge in [0.05, 0.1) is 39.4 Å². The van der Waals surface area contributed by atoms with Gasteiger partial charge in [-0.1, -0.05) is 133 Å². The molecule has 0 atom stereocenters. The van der Waals surface area contributed by atoms with E-state index in [1.165, 1.54) is 60.3 Å². The van der Waals surface area contributed by atoms with Gasteiger partial charge in [-0.2, -0.15) is 5.26 Å². The summed E-state index contributed by atoms with van der Waals surface area (Å²) in [6.07, 6.45) is 0. The van der Waals surface area contributed by atoms with Crippen molar-refractivity contribution in [1.82, 2.24) is 9.13 Å². The topological polar surface area (TPSA) is 46.0 Å². The number of nitrogens with zero attached hydrogens (tertiary/aromatic N) is 4. The van der Waals surface area contributed by atoms with Gasteiger partial charge in [-0.25, -0.2) is 0 Å². The van der Waals surface area contributed by atoms with Crippen molar-refractivity contribution in [3.8, 4) is 62.0 Å². The lowest BCUT2D eigenvalue weighted by atomic mass is 9.99. The highest BCUT2D eigenvalue weighted by atomic mass is 15.0. The van der Waals surface area contributed by atoms with Gasteiger partial charge in [-0.3, -0.25) is 4.99 Å². The van der Waals surface area contributed by atoms with Crippen molar-refractivity contribution in [2.24, 2.45) is 4.99 Å². The summed E-state index contributed by atoms with van der Waals surface area (Å²) in [5.74, 6) is 0. The smallest absolute Gasteiger partial charge is 0.0991 e. The van der Waals surface area contributed by atoms with E-state index in [4.69, 9.17) is 0 Å². The Bertz CT molecular complexity index is 3440. The largest absolute Gasteiger partial charge is 0.309 e. The first kappa shape index (κ1) is 34.9. The number of benzene rings is 9. The molecule has 0 aliphatic rings. The molecule has 0 N–H and O–H groups in total. The maximum absolute atomic E-state index is 9.18. The van der Waals surface area contributed by atoms with Crippen LogP contribution in [0, 0.1) is 11.3 Å². The van der Waals surface area contributed by atoms with Crippen LogP contribution >= 0.6 is 0 Å². The summed E-state index contributed by atoms with van der Waals surface area (Å²) in [7, 11) is 0. The highest BCUT2D eigenvalue weighted by molar-refractivity contribution is 6.28. The lowest BCUT2D eigenvalue weighted by molar-refractivity contribution is 1.17. The number of aromatic nitrogens is 2. The predicted octanol–water partition coefficient (Wildman–Crippen LogP) is 14.8. The summed E-state index contributed by atoms with van der Waals surface area (Å²) in [5.41, 5.74) is 17.7. The third-order valence-corrected chi connectivity index (χ3v) is 11.9. The predicted molar refractivity (Wildman–Crippen MR) is 251 cm³/mol. The van der Waals surface area contributed by atoms with Gasteiger partial charge in [0.2, 0.25) is 0 Å². The van der Waals surface area contributed by atoms with Crippen molar-refractivity contribution < 1.29 is 0 Å². The fourth-order valence-corrected chi connectivity index (χ4v) is 8.89. The molecule has 60 heavy (non-hydrogen) atoms. The molecule has 2 aromatic heterocycles. The fourth-order valence-electron chi connectivity index (χ4n) is 8.89. The van der Waals surface area contributed by atoms with Crippen molar-refractivity contribution in [3.05, 3.63) is 212 Å². The van der Waals surface area contributed by atoms with Crippen LogP contribution in [-0.2, 0) is 0 Å². The zero-order chi connectivity index (χ0) is 40.2. The molecule has 0 unspecified atom stereocenters. The van der Waals surface area contributed by atoms with Crippen LogP contribution in [0.5, 0.6) is 0 Å². The lowest BCUT2D eigenvalue weighted by Crippen LogP contribution is -1.95. The van der Waals surface area contributed by atoms with E-state index in [2.05, 4.69) is 197 Å². The first-order valence-corrected chi connectivity index (χ1v) is 20.1. The van der Waals surface area contributed by atoms with Gasteiger partial charge in [0.1, 0.15) is 0 Å². The fraction of sp³-hybridized carbons (Fsp3) is 0. The molecule has 0 aliphatic heterocycles. The minimum Gasteiger partial charge on any atom is -0.309 e. The van der Waals surface area contributed by atoms with Crippen molar-refractivity contribution in [2.75, 3.05) is 0 Å². The Balaban J connectivity index is 0.964. The Kier molecular flexibility index (Phi) is 8.32. The molecule has 0 saturated heterocycles. The Morgan fingerprint density at radius 1 is 0.350 bits per heavy atom. The van der Waals surface area contributed by atoms with E-state index in [1.54, 1.807) is 0 Å². The van der Waals surface area contributed by atoms with Gasteiger partial charge >= 0.3 is 0 Å². The molecule has 2 heterocycles. The Labute approximate surface area is 347 Å². The first-order chi connectivity index (χ1) is 29.6. The highest BCUT2D eigenvalue weighted by Crippen LogP contribution is 2.42. The zero-order valence-electron chi connectivity index (χ0n) is 32.6. The van der Waals surface area contributed by atoms with Crippen LogP contribution in [0.2, 0.25) is 0 Å². The molecule has 0 aliphatic carbocycles. The lowest BCUT2D eigenvalue weighted by Gasteiger charge is -2.11. The average Bonchev–Trinajstić information content (AvgIpc) is 3.85. The summed E-state index contributed by atoms with van der Waals surface area (Å²) in [4.78, 5) is 4.02. The molecule has 9 aromatic carbocycles. The number of rotatable bonds is 7. The van der Waals surface area contributed by atoms with E-state index >= 15 is 0 Å². The summed E-state index contributed by atoms with van der Waals surface area (Å²) < 4.78 is 4.81. The molecule has 0 amide bonds. The van der Waals surface area contributed by atoms with Crippen LogP contribution in [0.15, 0.2) is 211 Å². The van der Waals surface area contributed by atoms with Crippen molar-refractivity contribution in [2.45, 2.75) is 0 Å². The number of para-hydroxylation sites is 2. The Morgan fingerprint density at radius 3 is 1.02 bits per heavy atom. The first-order valence-electron chi connectivity index (χ1n) is 20.1. The molecule has 0 saturated carbocycles. The third kappa shape index (κ3) is 5.80. The number of hydrogen-bond donors (Lipinski definition) is 0. The second-order valence-corrected chi connectivity index (χ2v) is 15.2.